The van der Waals surface area contributed by atoms with Crippen molar-refractivity contribution in [3.8, 4) is 5.75 Å². The molecule has 1 fully saturated rings. The number of nitrogens with two attached hydrogens (primary N) is 1. The molecule has 3 heterocycles. The van der Waals surface area contributed by atoms with E-state index in [9.17, 15) is 87.9 Å². The second kappa shape index (κ2) is 51.8. The molecule has 14 amide bonds. The summed E-state index contributed by atoms with van der Waals surface area (Å²) >= 11 is 0. The number of aromatic amines is 2. The molecule has 1 saturated heterocycles. The third kappa shape index (κ3) is 33.9. The minimum atomic E-state index is -1.97. The smallest absolute Gasteiger partial charge is 0.326 e. The van der Waals surface area contributed by atoms with E-state index in [0.29, 0.717) is 29.5 Å². The highest BCUT2D eigenvalue weighted by Crippen LogP contribution is 2.26. The van der Waals surface area contributed by atoms with E-state index in [0.717, 1.165) is 39.4 Å². The van der Waals surface area contributed by atoms with Gasteiger partial charge in [-0.1, -0.05) is 150 Å². The molecule has 0 saturated carbocycles. The maximum Gasteiger partial charge on any atom is 0.326 e. The lowest BCUT2D eigenvalue weighted by Gasteiger charge is -2.31. The van der Waals surface area contributed by atoms with Crippen LogP contribution in [0.1, 0.15) is 149 Å². The number of aromatic hydroxyl groups is 1. The van der Waals surface area contributed by atoms with Crippen LogP contribution in [0.3, 0.4) is 0 Å². The largest absolute Gasteiger partial charge is 0.508 e. The Hall–Kier alpha value is -12.7. The van der Waals surface area contributed by atoms with Gasteiger partial charge in [0, 0.05) is 73.8 Å². The first-order valence-electron chi connectivity index (χ1n) is 42.1. The monoisotopic (exact) mass is 1820 g/mol. The number of fused-ring (bicyclic) bond motifs is 1. The lowest BCUT2D eigenvalue weighted by atomic mass is 9.94. The molecule has 3 aromatic carbocycles. The van der Waals surface area contributed by atoms with E-state index in [-0.39, 0.29) is 62.9 Å². The van der Waals surface area contributed by atoms with Crippen molar-refractivity contribution in [3.63, 3.8) is 0 Å². The Morgan fingerprint density at radius 2 is 1.02 bits per heavy atom. The molecule has 41 nitrogen and oxygen atoms in total. The number of carboxylic acids is 4. The third-order valence-corrected chi connectivity index (χ3v) is 23.6. The van der Waals surface area contributed by atoms with Crippen LogP contribution >= 0.6 is 21.6 Å². The van der Waals surface area contributed by atoms with Crippen molar-refractivity contribution in [1.29, 1.82) is 0 Å². The van der Waals surface area contributed by atoms with Crippen LogP contribution in [-0.2, 0) is 112 Å². The summed E-state index contributed by atoms with van der Waals surface area (Å²) in [5.74, 6) is -24.2. The molecule has 128 heavy (non-hydrogen) atoms. The average molecular weight is 1820 g/mol. The molecule has 698 valence electrons. The second-order valence-corrected chi connectivity index (χ2v) is 34.7. The molecule has 0 bridgehead atoms. The van der Waals surface area contributed by atoms with Gasteiger partial charge < -0.3 is 116 Å². The van der Waals surface area contributed by atoms with E-state index in [2.05, 4.69) is 89.4 Å². The van der Waals surface area contributed by atoms with Gasteiger partial charge in [-0.3, -0.25) is 81.5 Å². The van der Waals surface area contributed by atoms with Crippen molar-refractivity contribution in [2.24, 2.45) is 29.4 Å². The van der Waals surface area contributed by atoms with E-state index in [1.54, 1.807) is 116 Å². The van der Waals surface area contributed by atoms with Crippen molar-refractivity contribution < 1.29 is 112 Å². The molecule has 1 aliphatic rings. The number of aliphatic carboxylic acids is 4. The Labute approximate surface area is 746 Å². The highest BCUT2D eigenvalue weighted by molar-refractivity contribution is 8.76. The molecular weight excluding hydrogens is 1710 g/mol. The number of H-pyrrole nitrogens is 2. The molecule has 1 aliphatic heterocycles. The van der Waals surface area contributed by atoms with Crippen molar-refractivity contribution in [2.45, 2.75) is 237 Å². The number of nitrogens with one attached hydrogen (secondary N) is 16. The first-order chi connectivity index (χ1) is 60.7. The summed E-state index contributed by atoms with van der Waals surface area (Å²) in [5.41, 5.74) is 8.05. The van der Waals surface area contributed by atoms with Gasteiger partial charge >= 0.3 is 23.9 Å². The predicted molar refractivity (Wildman–Crippen MR) is 469 cm³/mol. The topological polar surface area (TPSA) is 647 Å². The number of amides is 14. The zero-order valence-corrected chi connectivity index (χ0v) is 74.2. The van der Waals surface area contributed by atoms with Crippen LogP contribution in [0, 0.1) is 23.7 Å². The Morgan fingerprint density at radius 1 is 0.508 bits per heavy atom. The number of hydrogen-bond acceptors (Lipinski definition) is 23. The minimum absolute atomic E-state index is 0.119. The maximum atomic E-state index is 15.4. The van der Waals surface area contributed by atoms with E-state index in [1.165, 1.54) is 36.8 Å². The molecule has 16 atom stereocenters. The summed E-state index contributed by atoms with van der Waals surface area (Å²) in [5, 5.41) is 86.8. The first-order valence-corrected chi connectivity index (χ1v) is 44.6. The summed E-state index contributed by atoms with van der Waals surface area (Å²) < 4.78 is 0. The number of para-hydroxylation sites is 1. The van der Waals surface area contributed by atoms with Crippen molar-refractivity contribution in [1.82, 2.24) is 89.4 Å². The molecular formula is C85H118N18O23S2. The van der Waals surface area contributed by atoms with Gasteiger partial charge in [0.25, 0.3) is 0 Å². The fourth-order valence-corrected chi connectivity index (χ4v) is 16.0. The van der Waals surface area contributed by atoms with Gasteiger partial charge in [0.15, 0.2) is 0 Å². The van der Waals surface area contributed by atoms with Gasteiger partial charge in [0.2, 0.25) is 82.7 Å². The number of hydrogen-bond donors (Lipinski definition) is 22. The van der Waals surface area contributed by atoms with Gasteiger partial charge in [-0.05, 0) is 97.2 Å². The van der Waals surface area contributed by atoms with Crippen LogP contribution in [0.5, 0.6) is 5.75 Å². The first kappa shape index (κ1) is 104. The number of unbranched alkanes of at least 4 members (excludes halogenated alkanes) is 1. The van der Waals surface area contributed by atoms with Crippen LogP contribution in [0.25, 0.3) is 10.9 Å². The second-order valence-electron chi connectivity index (χ2n) is 32.2. The Kier molecular flexibility index (Phi) is 42.2. The Morgan fingerprint density at radius 3 is 1.59 bits per heavy atom. The van der Waals surface area contributed by atoms with Gasteiger partial charge in [-0.15, -0.1) is 0 Å². The Balaban J connectivity index is 1.36. The Bertz CT molecular complexity index is 4660. The number of rotatable bonds is 46. The number of phenolic OH excluding ortho intramolecular Hbond substituents is 1. The average Bonchev–Trinajstić information content (AvgIpc) is 1.63. The van der Waals surface area contributed by atoms with Crippen LogP contribution < -0.4 is 80.2 Å². The zero-order valence-electron chi connectivity index (χ0n) is 72.6. The van der Waals surface area contributed by atoms with Crippen molar-refractivity contribution in [3.05, 3.63) is 120 Å². The van der Waals surface area contributed by atoms with Gasteiger partial charge in [0.05, 0.1) is 24.9 Å². The molecule has 0 radical (unpaired) electrons. The molecule has 0 spiro atoms. The number of imidazole rings is 1. The van der Waals surface area contributed by atoms with E-state index < -0.39 is 258 Å². The molecule has 0 unspecified atom stereocenters. The molecule has 43 heteroatoms. The summed E-state index contributed by atoms with van der Waals surface area (Å²) in [6, 6.07) is -2.14. The molecule has 0 aliphatic carbocycles. The van der Waals surface area contributed by atoms with Gasteiger partial charge in [-0.25, -0.2) is 9.78 Å². The zero-order chi connectivity index (χ0) is 94.6. The van der Waals surface area contributed by atoms with Gasteiger partial charge in [0.1, 0.15) is 90.3 Å². The van der Waals surface area contributed by atoms with Crippen molar-refractivity contribution in [2.75, 3.05) is 18.1 Å². The summed E-state index contributed by atoms with van der Waals surface area (Å²) in [7, 11) is 1.59. The number of carbonyl (C=O) groups is 18. The minimum Gasteiger partial charge on any atom is -0.508 e. The molecule has 6 rings (SSSR count). The van der Waals surface area contributed by atoms with Crippen LogP contribution in [0.2, 0.25) is 0 Å². The SMILES string of the molecule is CC[C@H](C)[C@H](NC(=O)[C@H](CC(=O)O)NC(=O)[C@H](CC(C)C)NC(=O)[C@H](Cc1c[nH]cn1)NC(=O)[C@@H]1CSSC[C@H](NC(=O)[C@H](CCC(=O)O)NC(=O)[C@H](CCCCN)NC(=O)[C@H](CC(=O)O)NC(C)=O)C(=O)N[C@@H](C(C)C)C(=O)N[C@@H](Cc2ccc(O)cc2)C(=O)N[C@@H](Cc2ccccc2)C(=O)N1)C(=O)N[C@H](C(=O)N[C@@H](Cc1c[nH]c2ccccc12)C(=O)O)[C@@H](C)CC. The van der Waals surface area contributed by atoms with Crippen molar-refractivity contribution >= 4 is 139 Å². The number of phenols is 1. The third-order valence-electron chi connectivity index (χ3n) is 21.2. The lowest BCUT2D eigenvalue weighted by Crippen LogP contribution is -2.62. The van der Waals surface area contributed by atoms with Gasteiger partial charge in [-0.2, -0.15) is 0 Å². The summed E-state index contributed by atoms with van der Waals surface area (Å²) in [6.45, 7) is 14.2. The number of carbonyl (C=O) groups excluding carboxylic acids is 14. The van der Waals surface area contributed by atoms with E-state index in [4.69, 9.17) is 5.73 Å². The van der Waals surface area contributed by atoms with Crippen LogP contribution in [-0.4, -0.2) is 250 Å². The maximum absolute atomic E-state index is 15.4. The fraction of sp³-hybridized carbons (Fsp3) is 0.518. The quantitative estimate of drug-likeness (QED) is 0.0179. The standard InChI is InChI=1S/C85H118N18O23S2/c1-10-45(7)70(83(123)98-63(85(125)126)34-50-38-88-54-22-16-15-21-53(50)54)103-84(124)71(46(8)11-2)102-79(119)62(37-68(110)111)96-74(114)57(31-43(3)4)93-77(117)60(35-51-39-87-42-89-51)95-80(120)64-40-127-128-41-65(99-73(113)56(28-29-66(106)107)92-72(112)55(23-17-18-30-86)91-78(118)61(36-67(108)109)90-47(9)104)81(121)101-69(44(5)6)82(122)97-59(33-49-24-26-52(105)27-25-49)75(115)94-58(76(116)100-64)32-48-19-13-12-14-20-48/h12-16,19-22,24-27,38-39,42-46,55-65,69-71,88,105H,10-11,17-18,23,28-37,40-41,86H2,1-9H3,(H,87,89)(H,90,104)(H,91,118)(H,92,112)(H,93,117)(H,94,115)(H,95,120)(H,96,114)(H,97,122)(H,98,123)(H,99,113)(H,100,116)(H,101,121)(H,102,119)(H,103,124)(H,106,107)(H,108,109)(H,110,111)(H,125,126)/t45-,46-,55-,56-,57-,58-,59-,60-,61-,62-,63-,64-,65-,69-,70-,71-/m0/s1. The molecule has 5 aromatic rings. The van der Waals surface area contributed by atoms with E-state index in [1.807, 2.05) is 0 Å². The van der Waals surface area contributed by atoms with E-state index >= 15 is 24.0 Å². The van der Waals surface area contributed by atoms with Crippen LogP contribution in [0.4, 0.5) is 0 Å². The highest BCUT2D eigenvalue weighted by atomic mass is 33.1. The number of aromatic nitrogens is 3. The number of benzene rings is 3. The molecule has 2 aromatic heterocycles. The highest BCUT2D eigenvalue weighted by Gasteiger charge is 2.42. The summed E-state index contributed by atoms with van der Waals surface area (Å²) in [6.07, 6.45) is 0.206. The predicted octanol–water partition coefficient (Wildman–Crippen LogP) is -0.109. The fourth-order valence-electron chi connectivity index (χ4n) is 13.7. The number of nitrogens with zero attached hydrogens (tertiary/aromatic N) is 1. The molecule has 23 N–H and O–H groups in total. The normalized spacial score (nSPS) is 18.4. The summed E-state index contributed by atoms with van der Waals surface area (Å²) in [4.78, 5) is 263. The van der Waals surface area contributed by atoms with Crippen LogP contribution in [0.15, 0.2) is 97.6 Å². The lowest BCUT2D eigenvalue weighted by molar-refractivity contribution is -0.143. The number of carboxylic acid groups (broad SMARTS) is 4.